The third-order valence-corrected chi connectivity index (χ3v) is 6.71. The Balaban J connectivity index is 1.30. The predicted octanol–water partition coefficient (Wildman–Crippen LogP) is 5.27. The van der Waals surface area contributed by atoms with Crippen LogP contribution in [0.15, 0.2) is 88.7 Å². The molecule has 0 bridgehead atoms. The molecule has 0 atom stereocenters. The lowest BCUT2D eigenvalue weighted by Gasteiger charge is -2.20. The number of nitrogens with zero attached hydrogens (tertiary/aromatic N) is 4. The average Bonchev–Trinajstić information content (AvgIpc) is 3.32. The lowest BCUT2D eigenvalue weighted by Crippen LogP contribution is -2.35. The minimum atomic E-state index is -0.513. The Morgan fingerprint density at radius 1 is 1.05 bits per heavy atom. The molecule has 0 spiro atoms. The van der Waals surface area contributed by atoms with Gasteiger partial charge in [0.25, 0.3) is 5.91 Å². The van der Waals surface area contributed by atoms with E-state index in [2.05, 4.69) is 35.8 Å². The number of thioether (sulfide) groups is 1. The molecule has 9 heteroatoms. The van der Waals surface area contributed by atoms with Crippen LogP contribution >= 0.6 is 11.8 Å². The first kappa shape index (κ1) is 24.3. The van der Waals surface area contributed by atoms with Crippen molar-refractivity contribution >= 4 is 45.8 Å². The highest BCUT2D eigenvalue weighted by molar-refractivity contribution is 8.27. The van der Waals surface area contributed by atoms with Crippen LogP contribution in [0.3, 0.4) is 0 Å². The van der Waals surface area contributed by atoms with Crippen LogP contribution in [0.2, 0.25) is 0 Å². The monoisotopic (exact) mass is 509 g/mol. The number of carbonyl (C=O) groups excluding carboxylic acids is 2. The molecular weight excluding hydrogens is 486 g/mol. The number of hydrazone groups is 1. The van der Waals surface area contributed by atoms with E-state index in [1.807, 2.05) is 18.2 Å². The molecule has 0 fully saturated rings. The Hall–Kier alpha value is -4.37. The summed E-state index contributed by atoms with van der Waals surface area (Å²) in [5, 5.41) is 15.3. The highest BCUT2D eigenvalue weighted by Crippen LogP contribution is 2.31. The summed E-state index contributed by atoms with van der Waals surface area (Å²) in [4.78, 5) is 33.4. The van der Waals surface area contributed by atoms with E-state index >= 15 is 0 Å². The van der Waals surface area contributed by atoms with Gasteiger partial charge < -0.3 is 4.74 Å². The van der Waals surface area contributed by atoms with Crippen molar-refractivity contribution in [2.45, 2.75) is 26.2 Å². The maximum absolute atomic E-state index is 12.7. The minimum absolute atomic E-state index is 0.00264. The Morgan fingerprint density at radius 2 is 1.78 bits per heavy atom. The van der Waals surface area contributed by atoms with Gasteiger partial charge in [-0.1, -0.05) is 45.0 Å². The number of aromatic nitrogens is 1. The van der Waals surface area contributed by atoms with E-state index in [-0.39, 0.29) is 16.8 Å². The topological polar surface area (TPSA) is 108 Å². The number of carbonyl (C=O) groups is 2. The van der Waals surface area contributed by atoms with Crippen LogP contribution in [0.5, 0.6) is 5.75 Å². The van der Waals surface area contributed by atoms with Gasteiger partial charge in [-0.25, -0.2) is 4.79 Å². The summed E-state index contributed by atoms with van der Waals surface area (Å²) in [7, 11) is 0. The molecule has 1 amide bonds. The molecule has 0 radical (unpaired) electrons. The Bertz CT molecular complexity index is 1490. The number of ether oxygens (including phenoxy) is 1. The largest absolute Gasteiger partial charge is 0.423 e. The van der Waals surface area contributed by atoms with Crippen LogP contribution in [0.25, 0.3) is 6.08 Å². The van der Waals surface area contributed by atoms with Crippen LogP contribution in [-0.2, 0) is 10.2 Å². The lowest BCUT2D eigenvalue weighted by atomic mass is 9.87. The fourth-order valence-electron chi connectivity index (χ4n) is 3.67. The first-order valence-corrected chi connectivity index (χ1v) is 12.3. The first-order valence-electron chi connectivity index (χ1n) is 11.5. The number of hydrogen-bond acceptors (Lipinski definition) is 7. The van der Waals surface area contributed by atoms with Gasteiger partial charge in [0.05, 0.1) is 11.1 Å². The molecule has 3 aromatic rings. The molecule has 37 heavy (non-hydrogen) atoms. The Labute approximate surface area is 218 Å². The summed E-state index contributed by atoms with van der Waals surface area (Å²) in [5.41, 5.74) is 3.15. The maximum atomic E-state index is 12.7. The van der Waals surface area contributed by atoms with Crippen molar-refractivity contribution in [1.29, 1.82) is 5.41 Å². The number of benzene rings is 2. The molecule has 0 saturated carbocycles. The molecule has 3 heterocycles. The van der Waals surface area contributed by atoms with Gasteiger partial charge in [0.2, 0.25) is 5.17 Å². The zero-order chi connectivity index (χ0) is 26.2. The van der Waals surface area contributed by atoms with E-state index in [9.17, 15) is 9.59 Å². The third kappa shape index (κ3) is 5.12. The smallest absolute Gasteiger partial charge is 0.343 e. The first-order chi connectivity index (χ1) is 17.7. The number of pyridine rings is 1. The summed E-state index contributed by atoms with van der Waals surface area (Å²) in [6, 6.07) is 17.7. The van der Waals surface area contributed by atoms with Crippen molar-refractivity contribution in [2.24, 2.45) is 10.1 Å². The second-order valence-corrected chi connectivity index (χ2v) is 10.4. The highest BCUT2D eigenvalue weighted by atomic mass is 32.2. The number of aliphatic imine (C=N–C) groups is 1. The standard InChI is InChI=1S/C28H23N5O3S/c1-28(2,3)20-10-8-18(9-11-20)26(35)36-21-12-6-17(7-13-21)15-22-23(29)33-27(31-24(22)34)37-25(32-33)19-5-4-14-30-16-19/h4-16,29H,1-3H3/b22-15-,29-23?. The van der Waals surface area contributed by atoms with Gasteiger partial charge in [-0.15, -0.1) is 0 Å². The van der Waals surface area contributed by atoms with Crippen molar-refractivity contribution in [3.63, 3.8) is 0 Å². The molecule has 1 N–H and O–H groups in total. The van der Waals surface area contributed by atoms with Crippen LogP contribution < -0.4 is 4.74 Å². The van der Waals surface area contributed by atoms with Crippen LogP contribution in [0.1, 0.15) is 47.8 Å². The normalized spacial score (nSPS) is 16.4. The summed E-state index contributed by atoms with van der Waals surface area (Å²) in [5.74, 6) is -0.651. The molecule has 1 aromatic heterocycles. The zero-order valence-corrected chi connectivity index (χ0v) is 21.2. The SMILES string of the molecule is CC(C)(C)c1ccc(C(=O)Oc2ccc(/C=C3/C(=N)N4N=C(c5cccnc5)SC4=NC3=O)cc2)cc1. The maximum Gasteiger partial charge on any atom is 0.343 e. The van der Waals surface area contributed by atoms with Gasteiger partial charge in [-0.05, 0) is 70.8 Å². The number of amidine groups is 2. The van der Waals surface area contributed by atoms with Crippen molar-refractivity contribution in [1.82, 2.24) is 9.99 Å². The van der Waals surface area contributed by atoms with Gasteiger partial charge in [0.15, 0.2) is 5.84 Å². The van der Waals surface area contributed by atoms with Gasteiger partial charge in [0.1, 0.15) is 10.8 Å². The van der Waals surface area contributed by atoms with E-state index in [0.29, 0.717) is 27.1 Å². The summed E-state index contributed by atoms with van der Waals surface area (Å²) in [6.45, 7) is 6.34. The molecule has 5 rings (SSSR count). The van der Waals surface area contributed by atoms with Crippen molar-refractivity contribution in [3.05, 3.63) is 101 Å². The second kappa shape index (κ2) is 9.59. The Morgan fingerprint density at radius 3 is 2.43 bits per heavy atom. The van der Waals surface area contributed by atoms with Gasteiger partial charge in [-0.2, -0.15) is 15.1 Å². The van der Waals surface area contributed by atoms with Gasteiger partial charge in [0, 0.05) is 18.0 Å². The molecule has 2 aliphatic rings. The number of nitrogens with one attached hydrogen (secondary N) is 1. The van der Waals surface area contributed by atoms with Crippen LogP contribution in [0.4, 0.5) is 0 Å². The fourth-order valence-corrected chi connectivity index (χ4v) is 4.55. The summed E-state index contributed by atoms with van der Waals surface area (Å²) < 4.78 is 5.50. The molecule has 0 aliphatic carbocycles. The molecule has 2 aromatic carbocycles. The predicted molar refractivity (Wildman–Crippen MR) is 145 cm³/mol. The molecule has 0 unspecified atom stereocenters. The quantitative estimate of drug-likeness (QED) is 0.292. The molecule has 2 aliphatic heterocycles. The summed E-state index contributed by atoms with van der Waals surface area (Å²) >= 11 is 1.22. The van der Waals surface area contributed by atoms with E-state index in [1.54, 1.807) is 60.9 Å². The second-order valence-electron chi connectivity index (χ2n) is 9.45. The Kier molecular flexibility index (Phi) is 6.31. The lowest BCUT2D eigenvalue weighted by molar-refractivity contribution is -0.114. The molecule has 184 valence electrons. The minimum Gasteiger partial charge on any atom is -0.423 e. The fraction of sp³-hybridized carbons (Fsp3) is 0.143. The van der Waals surface area contributed by atoms with E-state index in [0.717, 1.165) is 11.1 Å². The molecule has 8 nitrogen and oxygen atoms in total. The number of hydrogen-bond donors (Lipinski definition) is 1. The van der Waals surface area contributed by atoms with Crippen LogP contribution in [-0.4, -0.2) is 37.9 Å². The van der Waals surface area contributed by atoms with Gasteiger partial charge >= 0.3 is 5.97 Å². The molecule has 0 saturated heterocycles. The summed E-state index contributed by atoms with van der Waals surface area (Å²) in [6.07, 6.45) is 4.91. The van der Waals surface area contributed by atoms with E-state index in [1.165, 1.54) is 16.8 Å². The number of rotatable bonds is 4. The van der Waals surface area contributed by atoms with E-state index < -0.39 is 11.9 Å². The highest BCUT2D eigenvalue weighted by Gasteiger charge is 2.36. The number of esters is 1. The molecular formula is C28H23N5O3S. The van der Waals surface area contributed by atoms with Crippen molar-refractivity contribution in [3.8, 4) is 5.75 Å². The average molecular weight is 510 g/mol. The third-order valence-electron chi connectivity index (χ3n) is 5.75. The zero-order valence-electron chi connectivity index (χ0n) is 20.4. The van der Waals surface area contributed by atoms with Crippen LogP contribution in [0, 0.1) is 5.41 Å². The number of fused-ring (bicyclic) bond motifs is 1. The van der Waals surface area contributed by atoms with Gasteiger partial charge in [-0.3, -0.25) is 15.2 Å². The van der Waals surface area contributed by atoms with Crippen molar-refractivity contribution in [2.75, 3.05) is 0 Å². The van der Waals surface area contributed by atoms with E-state index in [4.69, 9.17) is 10.1 Å². The number of amides is 1. The van der Waals surface area contributed by atoms with Crippen molar-refractivity contribution < 1.29 is 14.3 Å².